The Hall–Kier alpha value is -1.60. The van der Waals surface area contributed by atoms with Gasteiger partial charge in [-0.05, 0) is 6.92 Å². The number of hydrogen-bond donors (Lipinski definition) is 0. The van der Waals surface area contributed by atoms with E-state index in [1.807, 2.05) is 0 Å². The summed E-state index contributed by atoms with van der Waals surface area (Å²) in [4.78, 5) is 34.2. The van der Waals surface area contributed by atoms with Gasteiger partial charge in [-0.15, -0.1) is 0 Å². The first-order valence-corrected chi connectivity index (χ1v) is 5.32. The molecule has 18 heavy (non-hydrogen) atoms. The molecule has 5 nitrogen and oxygen atoms in total. The predicted molar refractivity (Wildman–Crippen MR) is 52.4 cm³/mol. The maximum atomic E-state index is 12.2. The number of nitrogens with zero attached hydrogens (tertiary/aromatic N) is 1. The molecule has 1 unspecified atom stereocenters. The zero-order chi connectivity index (χ0) is 13.9. The number of carbonyl (C=O) groups excluding carboxylic acids is 3. The summed E-state index contributed by atoms with van der Waals surface area (Å²) >= 11 is 0. The van der Waals surface area contributed by atoms with Crippen LogP contribution in [0.15, 0.2) is 0 Å². The first-order chi connectivity index (χ1) is 8.27. The number of likely N-dealkylation sites (tertiary alicyclic amines) is 1. The SMILES string of the molecule is CCOC(=O)C1CN(C(=O)C(F)(F)F)CCC1=O. The zero-order valence-corrected chi connectivity index (χ0v) is 9.62. The quantitative estimate of drug-likeness (QED) is 0.541. The van der Waals surface area contributed by atoms with Gasteiger partial charge in [0.25, 0.3) is 0 Å². The molecule has 1 aliphatic heterocycles. The van der Waals surface area contributed by atoms with E-state index in [1.54, 1.807) is 0 Å². The first kappa shape index (κ1) is 14.5. The topological polar surface area (TPSA) is 63.7 Å². The van der Waals surface area contributed by atoms with Gasteiger partial charge in [-0.1, -0.05) is 0 Å². The molecule has 1 aliphatic rings. The van der Waals surface area contributed by atoms with Gasteiger partial charge in [0.1, 0.15) is 5.92 Å². The Morgan fingerprint density at radius 1 is 1.44 bits per heavy atom. The summed E-state index contributed by atoms with van der Waals surface area (Å²) < 4.78 is 41.2. The van der Waals surface area contributed by atoms with Crippen molar-refractivity contribution in [3.8, 4) is 0 Å². The molecule has 0 saturated carbocycles. The second kappa shape index (κ2) is 5.36. The summed E-state index contributed by atoms with van der Waals surface area (Å²) in [6.07, 6.45) is -5.27. The molecular formula is C10H12F3NO4. The van der Waals surface area contributed by atoms with Gasteiger partial charge in [0, 0.05) is 19.5 Å². The van der Waals surface area contributed by atoms with Crippen LogP contribution in [0, 0.1) is 5.92 Å². The van der Waals surface area contributed by atoms with Crippen molar-refractivity contribution in [2.45, 2.75) is 19.5 Å². The lowest BCUT2D eigenvalue weighted by atomic mass is 9.96. The fraction of sp³-hybridized carbons (Fsp3) is 0.700. The number of carbonyl (C=O) groups is 3. The van der Waals surface area contributed by atoms with Crippen molar-refractivity contribution in [2.24, 2.45) is 5.92 Å². The van der Waals surface area contributed by atoms with Crippen LogP contribution in [-0.4, -0.2) is 48.4 Å². The van der Waals surface area contributed by atoms with Gasteiger partial charge >= 0.3 is 18.1 Å². The van der Waals surface area contributed by atoms with E-state index in [0.29, 0.717) is 4.90 Å². The van der Waals surface area contributed by atoms with Crippen LogP contribution < -0.4 is 0 Å². The second-order valence-corrected chi connectivity index (χ2v) is 3.77. The van der Waals surface area contributed by atoms with Gasteiger partial charge in [-0.3, -0.25) is 14.4 Å². The van der Waals surface area contributed by atoms with Gasteiger partial charge < -0.3 is 9.64 Å². The van der Waals surface area contributed by atoms with Crippen molar-refractivity contribution in [3.63, 3.8) is 0 Å². The van der Waals surface area contributed by atoms with Crippen LogP contribution in [0.1, 0.15) is 13.3 Å². The summed E-state index contributed by atoms with van der Waals surface area (Å²) in [5, 5.41) is 0. The molecule has 1 amide bonds. The number of rotatable bonds is 2. The van der Waals surface area contributed by atoms with Crippen molar-refractivity contribution < 1.29 is 32.3 Å². The standard InChI is InChI=1S/C10H12F3NO4/c1-2-18-8(16)6-5-14(4-3-7(6)15)9(17)10(11,12)13/h6H,2-5H2,1H3. The van der Waals surface area contributed by atoms with Gasteiger partial charge in [0.05, 0.1) is 6.61 Å². The van der Waals surface area contributed by atoms with Crippen LogP contribution in [0.4, 0.5) is 13.2 Å². The third-order valence-corrected chi connectivity index (χ3v) is 2.52. The minimum atomic E-state index is -5.00. The Labute approximate surface area is 101 Å². The first-order valence-electron chi connectivity index (χ1n) is 5.32. The molecule has 0 aromatic rings. The fourth-order valence-electron chi connectivity index (χ4n) is 1.65. The van der Waals surface area contributed by atoms with Crippen LogP contribution in [0.2, 0.25) is 0 Å². The summed E-state index contributed by atoms with van der Waals surface area (Å²) in [6.45, 7) is 0.642. The van der Waals surface area contributed by atoms with E-state index in [1.165, 1.54) is 6.92 Å². The van der Waals surface area contributed by atoms with Crippen LogP contribution in [0.3, 0.4) is 0 Å². The molecule has 0 aromatic heterocycles. The van der Waals surface area contributed by atoms with E-state index >= 15 is 0 Å². The van der Waals surface area contributed by atoms with Crippen molar-refractivity contribution in [2.75, 3.05) is 19.7 Å². The molecule has 0 aliphatic carbocycles. The number of alkyl halides is 3. The molecular weight excluding hydrogens is 255 g/mol. The summed E-state index contributed by atoms with van der Waals surface area (Å²) in [7, 11) is 0. The van der Waals surface area contributed by atoms with Gasteiger partial charge in [0.2, 0.25) is 0 Å². The van der Waals surface area contributed by atoms with Crippen LogP contribution in [-0.2, 0) is 19.1 Å². The van der Waals surface area contributed by atoms with Crippen molar-refractivity contribution in [3.05, 3.63) is 0 Å². The highest BCUT2D eigenvalue weighted by molar-refractivity contribution is 6.01. The zero-order valence-electron chi connectivity index (χ0n) is 9.62. The average Bonchev–Trinajstić information content (AvgIpc) is 2.27. The van der Waals surface area contributed by atoms with Gasteiger partial charge in [-0.2, -0.15) is 13.2 Å². The molecule has 1 heterocycles. The molecule has 1 rings (SSSR count). The monoisotopic (exact) mass is 267 g/mol. The third-order valence-electron chi connectivity index (χ3n) is 2.52. The Balaban J connectivity index is 2.75. The number of halogens is 3. The van der Waals surface area contributed by atoms with E-state index in [9.17, 15) is 27.6 Å². The molecule has 0 aromatic carbocycles. The van der Waals surface area contributed by atoms with E-state index in [2.05, 4.69) is 4.74 Å². The molecule has 102 valence electrons. The Morgan fingerprint density at radius 2 is 2.06 bits per heavy atom. The van der Waals surface area contributed by atoms with Crippen molar-refractivity contribution >= 4 is 17.7 Å². The van der Waals surface area contributed by atoms with Crippen molar-refractivity contribution in [1.29, 1.82) is 0 Å². The number of hydrogen-bond acceptors (Lipinski definition) is 4. The number of ketones is 1. The second-order valence-electron chi connectivity index (χ2n) is 3.77. The maximum Gasteiger partial charge on any atom is 0.471 e. The number of amides is 1. The molecule has 1 atom stereocenters. The summed E-state index contributed by atoms with van der Waals surface area (Å²) in [5.41, 5.74) is 0. The fourth-order valence-corrected chi connectivity index (χ4v) is 1.65. The van der Waals surface area contributed by atoms with Crippen LogP contribution in [0.25, 0.3) is 0 Å². The molecule has 0 N–H and O–H groups in total. The normalized spacial score (nSPS) is 20.8. The Bertz CT molecular complexity index is 367. The highest BCUT2D eigenvalue weighted by Gasteiger charge is 2.46. The van der Waals surface area contributed by atoms with E-state index in [4.69, 9.17) is 0 Å². The number of esters is 1. The Morgan fingerprint density at radius 3 is 2.56 bits per heavy atom. The molecule has 0 bridgehead atoms. The lowest BCUT2D eigenvalue weighted by Gasteiger charge is -2.30. The maximum absolute atomic E-state index is 12.2. The number of Topliss-reactive ketones (excluding diaryl/α,β-unsaturated/α-hetero) is 1. The molecule has 0 spiro atoms. The van der Waals surface area contributed by atoms with Gasteiger partial charge in [-0.25, -0.2) is 0 Å². The smallest absolute Gasteiger partial charge is 0.465 e. The predicted octanol–water partition coefficient (Wildman–Crippen LogP) is 0.529. The largest absolute Gasteiger partial charge is 0.471 e. The number of piperidine rings is 1. The van der Waals surface area contributed by atoms with Crippen LogP contribution in [0.5, 0.6) is 0 Å². The average molecular weight is 267 g/mol. The van der Waals surface area contributed by atoms with Crippen LogP contribution >= 0.6 is 0 Å². The lowest BCUT2D eigenvalue weighted by Crippen LogP contribution is -2.51. The molecule has 0 radical (unpaired) electrons. The van der Waals surface area contributed by atoms with Crippen molar-refractivity contribution in [1.82, 2.24) is 4.90 Å². The summed E-state index contributed by atoms with van der Waals surface area (Å²) in [5.74, 6) is -4.74. The van der Waals surface area contributed by atoms with E-state index in [-0.39, 0.29) is 19.6 Å². The minimum Gasteiger partial charge on any atom is -0.465 e. The Kier molecular flexibility index (Phi) is 4.31. The van der Waals surface area contributed by atoms with E-state index < -0.39 is 36.3 Å². The molecule has 1 fully saturated rings. The highest BCUT2D eigenvalue weighted by Crippen LogP contribution is 2.23. The van der Waals surface area contributed by atoms with E-state index in [0.717, 1.165) is 0 Å². The molecule has 8 heteroatoms. The lowest BCUT2D eigenvalue weighted by molar-refractivity contribution is -0.188. The summed E-state index contributed by atoms with van der Waals surface area (Å²) in [6, 6.07) is 0. The highest BCUT2D eigenvalue weighted by atomic mass is 19.4. The molecule has 1 saturated heterocycles. The third kappa shape index (κ3) is 3.21. The number of ether oxygens (including phenoxy) is 1. The van der Waals surface area contributed by atoms with Gasteiger partial charge in [0.15, 0.2) is 5.78 Å². The minimum absolute atomic E-state index is 0.0236.